The predicted molar refractivity (Wildman–Crippen MR) is 78.8 cm³/mol. The zero-order valence-electron chi connectivity index (χ0n) is 11.1. The van der Waals surface area contributed by atoms with Crippen LogP contribution in [-0.4, -0.2) is 22.4 Å². The third-order valence-corrected chi connectivity index (χ3v) is 3.76. The monoisotopic (exact) mass is 287 g/mol. The summed E-state index contributed by atoms with van der Waals surface area (Å²) in [5.74, 6) is 0.532. The fourth-order valence-corrected chi connectivity index (χ4v) is 2.70. The second-order valence-corrected chi connectivity index (χ2v) is 5.55. The van der Waals surface area contributed by atoms with E-state index in [1.54, 1.807) is 48.9 Å². The number of carbonyl (C=O) groups is 1. The predicted octanol–water partition coefficient (Wildman–Crippen LogP) is 2.97. The van der Waals surface area contributed by atoms with E-state index in [-0.39, 0.29) is 5.91 Å². The molecular weight excluding hydrogens is 274 g/mol. The second kappa shape index (κ2) is 4.97. The Bertz CT molecular complexity index is 727. The number of imidazole rings is 1. The Morgan fingerprint density at radius 3 is 2.70 bits per heavy atom. The van der Waals surface area contributed by atoms with Crippen molar-refractivity contribution in [2.24, 2.45) is 0 Å². The van der Waals surface area contributed by atoms with Crippen molar-refractivity contribution in [3.8, 4) is 5.75 Å². The fourth-order valence-electron chi connectivity index (χ4n) is 1.89. The molecule has 0 radical (unpaired) electrons. The molecule has 0 bridgehead atoms. The Kier molecular flexibility index (Phi) is 3.15. The van der Waals surface area contributed by atoms with Crippen LogP contribution in [0.25, 0.3) is 4.96 Å². The number of hydrogen-bond acceptors (Lipinski definition) is 4. The molecule has 102 valence electrons. The van der Waals surface area contributed by atoms with E-state index < -0.39 is 0 Å². The maximum absolute atomic E-state index is 12.1. The van der Waals surface area contributed by atoms with Crippen LogP contribution in [0.5, 0.6) is 5.75 Å². The highest BCUT2D eigenvalue weighted by Crippen LogP contribution is 2.18. The Hall–Kier alpha value is -2.34. The third kappa shape index (κ3) is 2.37. The topological polar surface area (TPSA) is 55.6 Å². The average Bonchev–Trinajstić information content (AvgIpc) is 2.96. The smallest absolute Gasteiger partial charge is 0.275 e. The van der Waals surface area contributed by atoms with E-state index >= 15 is 0 Å². The number of hydrogen-bond donors (Lipinski definition) is 1. The molecule has 0 saturated heterocycles. The van der Waals surface area contributed by atoms with Crippen molar-refractivity contribution in [1.29, 1.82) is 0 Å². The third-order valence-electron chi connectivity index (χ3n) is 2.85. The molecule has 0 fully saturated rings. The number of aromatic nitrogens is 2. The van der Waals surface area contributed by atoms with E-state index in [9.17, 15) is 4.79 Å². The lowest BCUT2D eigenvalue weighted by molar-refractivity contribution is 0.102. The molecule has 1 N–H and O–H groups in total. The van der Waals surface area contributed by atoms with Gasteiger partial charge in [-0.3, -0.25) is 9.20 Å². The van der Waals surface area contributed by atoms with Gasteiger partial charge in [0.1, 0.15) is 11.4 Å². The lowest BCUT2D eigenvalue weighted by atomic mass is 10.3. The van der Waals surface area contributed by atoms with Crippen LogP contribution in [0.2, 0.25) is 0 Å². The second-order valence-electron chi connectivity index (χ2n) is 4.34. The van der Waals surface area contributed by atoms with Crippen molar-refractivity contribution < 1.29 is 9.53 Å². The zero-order valence-corrected chi connectivity index (χ0v) is 11.9. The molecule has 0 spiro atoms. The van der Waals surface area contributed by atoms with Gasteiger partial charge >= 0.3 is 0 Å². The molecule has 0 aliphatic carbocycles. The van der Waals surface area contributed by atoms with Crippen molar-refractivity contribution in [2.45, 2.75) is 6.92 Å². The van der Waals surface area contributed by atoms with Gasteiger partial charge in [-0.15, -0.1) is 11.3 Å². The fraction of sp³-hybridized carbons (Fsp3) is 0.143. The lowest BCUT2D eigenvalue weighted by Crippen LogP contribution is -2.12. The molecule has 6 heteroatoms. The van der Waals surface area contributed by atoms with Crippen LogP contribution in [0.1, 0.15) is 15.4 Å². The van der Waals surface area contributed by atoms with Crippen molar-refractivity contribution >= 4 is 27.9 Å². The molecule has 3 rings (SSSR count). The first-order chi connectivity index (χ1) is 9.65. The van der Waals surface area contributed by atoms with Crippen molar-refractivity contribution in [2.75, 3.05) is 12.4 Å². The standard InChI is InChI=1S/C14H13N3O2S/c1-9-7-17-8-12(16-14(17)20-9)13(18)15-10-3-5-11(19-2)6-4-10/h3-8H,1-2H3,(H,15,18). The van der Waals surface area contributed by atoms with Crippen LogP contribution in [0.3, 0.4) is 0 Å². The minimum Gasteiger partial charge on any atom is -0.497 e. The number of rotatable bonds is 3. The summed E-state index contributed by atoms with van der Waals surface area (Å²) in [6.45, 7) is 2.01. The highest BCUT2D eigenvalue weighted by Gasteiger charge is 2.12. The molecule has 20 heavy (non-hydrogen) atoms. The summed E-state index contributed by atoms with van der Waals surface area (Å²) in [5.41, 5.74) is 1.12. The van der Waals surface area contributed by atoms with Crippen LogP contribution in [0.4, 0.5) is 5.69 Å². The van der Waals surface area contributed by atoms with Gasteiger partial charge in [-0.2, -0.15) is 0 Å². The van der Waals surface area contributed by atoms with Crippen molar-refractivity contribution in [3.63, 3.8) is 0 Å². The number of benzene rings is 1. The summed E-state index contributed by atoms with van der Waals surface area (Å²) < 4.78 is 6.94. The van der Waals surface area contributed by atoms with E-state index in [1.165, 1.54) is 0 Å². The van der Waals surface area contributed by atoms with Gasteiger partial charge in [0.15, 0.2) is 4.96 Å². The number of methoxy groups -OCH3 is 1. The maximum Gasteiger partial charge on any atom is 0.275 e. The van der Waals surface area contributed by atoms with Crippen LogP contribution < -0.4 is 10.1 Å². The molecule has 2 aromatic heterocycles. The number of ether oxygens (including phenoxy) is 1. The van der Waals surface area contributed by atoms with E-state index in [1.807, 2.05) is 17.5 Å². The molecule has 5 nitrogen and oxygen atoms in total. The Morgan fingerprint density at radius 2 is 2.05 bits per heavy atom. The molecule has 0 atom stereocenters. The van der Waals surface area contributed by atoms with Crippen LogP contribution >= 0.6 is 11.3 Å². The van der Waals surface area contributed by atoms with E-state index in [4.69, 9.17) is 4.74 Å². The van der Waals surface area contributed by atoms with Crippen molar-refractivity contribution in [1.82, 2.24) is 9.38 Å². The largest absolute Gasteiger partial charge is 0.497 e. The number of fused-ring (bicyclic) bond motifs is 1. The Labute approximate surface area is 119 Å². The maximum atomic E-state index is 12.1. The molecule has 0 unspecified atom stereocenters. The van der Waals surface area contributed by atoms with E-state index in [2.05, 4.69) is 10.3 Å². The molecule has 0 aliphatic rings. The van der Waals surface area contributed by atoms with Gasteiger partial charge < -0.3 is 10.1 Å². The highest BCUT2D eigenvalue weighted by atomic mass is 32.1. The van der Waals surface area contributed by atoms with E-state index in [0.717, 1.165) is 15.6 Å². The van der Waals surface area contributed by atoms with Gasteiger partial charge in [0.25, 0.3) is 5.91 Å². The molecule has 3 aromatic rings. The first-order valence-corrected chi connectivity index (χ1v) is 6.88. The van der Waals surface area contributed by atoms with Gasteiger partial charge in [0.2, 0.25) is 0 Å². The number of anilines is 1. The summed E-state index contributed by atoms with van der Waals surface area (Å²) in [7, 11) is 1.60. The lowest BCUT2D eigenvalue weighted by Gasteiger charge is -2.04. The van der Waals surface area contributed by atoms with Gasteiger partial charge in [-0.05, 0) is 31.2 Å². The summed E-state index contributed by atoms with van der Waals surface area (Å²) in [6, 6.07) is 7.17. The number of amides is 1. The summed E-state index contributed by atoms with van der Waals surface area (Å²) in [6.07, 6.45) is 3.69. The Morgan fingerprint density at radius 1 is 1.30 bits per heavy atom. The molecule has 1 aromatic carbocycles. The number of carbonyl (C=O) groups excluding carboxylic acids is 1. The molecular formula is C14H13N3O2S. The number of nitrogens with zero attached hydrogens (tertiary/aromatic N) is 2. The first kappa shape index (κ1) is 12.7. The van der Waals surface area contributed by atoms with E-state index in [0.29, 0.717) is 11.4 Å². The van der Waals surface area contributed by atoms with Gasteiger partial charge in [0, 0.05) is 23.0 Å². The number of thiazole rings is 1. The van der Waals surface area contributed by atoms with Crippen molar-refractivity contribution in [3.05, 3.63) is 47.2 Å². The van der Waals surface area contributed by atoms with Gasteiger partial charge in [0.05, 0.1) is 7.11 Å². The van der Waals surface area contributed by atoms with Crippen LogP contribution in [-0.2, 0) is 0 Å². The molecule has 0 saturated carbocycles. The minimum atomic E-state index is -0.219. The normalized spacial score (nSPS) is 10.7. The van der Waals surface area contributed by atoms with Crippen LogP contribution in [0.15, 0.2) is 36.7 Å². The molecule has 0 aliphatic heterocycles. The quantitative estimate of drug-likeness (QED) is 0.805. The first-order valence-electron chi connectivity index (χ1n) is 6.06. The summed E-state index contributed by atoms with van der Waals surface area (Å²) >= 11 is 1.56. The van der Waals surface area contributed by atoms with Crippen LogP contribution in [0, 0.1) is 6.92 Å². The SMILES string of the molecule is COc1ccc(NC(=O)c2cn3cc(C)sc3n2)cc1. The Balaban J connectivity index is 1.78. The number of nitrogens with one attached hydrogen (secondary N) is 1. The summed E-state index contributed by atoms with van der Waals surface area (Å²) in [4.78, 5) is 18.4. The molecule has 1 amide bonds. The average molecular weight is 287 g/mol. The molecule has 2 heterocycles. The minimum absolute atomic E-state index is 0.219. The highest BCUT2D eigenvalue weighted by molar-refractivity contribution is 7.17. The number of aryl methyl sites for hydroxylation is 1. The van der Waals surface area contributed by atoms with Gasteiger partial charge in [-0.1, -0.05) is 0 Å². The zero-order chi connectivity index (χ0) is 14.1. The van der Waals surface area contributed by atoms with Gasteiger partial charge in [-0.25, -0.2) is 4.98 Å². The summed E-state index contributed by atoms with van der Waals surface area (Å²) in [5, 5.41) is 2.81.